The summed E-state index contributed by atoms with van der Waals surface area (Å²) in [6, 6.07) is 7.86. The number of benzene rings is 1. The van der Waals surface area contributed by atoms with Crippen molar-refractivity contribution >= 4 is 12.0 Å². The quantitative estimate of drug-likeness (QED) is 0.767. The minimum Gasteiger partial charge on any atom is -0.491 e. The zero-order chi connectivity index (χ0) is 17.7. The van der Waals surface area contributed by atoms with Crippen LogP contribution in [0.4, 0.5) is 0 Å². The fraction of sp³-hybridized carbons (Fsp3) is 0.368. The second kappa shape index (κ2) is 7.81. The third kappa shape index (κ3) is 4.25. The Hall–Kier alpha value is -2.56. The second-order valence-electron chi connectivity index (χ2n) is 5.92. The van der Waals surface area contributed by atoms with Gasteiger partial charge in [0.05, 0.1) is 12.2 Å². The maximum Gasteiger partial charge on any atom is 0.246 e. The molecule has 0 spiro atoms. The Labute approximate surface area is 143 Å². The molecule has 0 saturated carbocycles. The average molecular weight is 327 g/mol. The Balaban J connectivity index is 1.88. The second-order valence-corrected chi connectivity index (χ2v) is 5.92. The summed E-state index contributed by atoms with van der Waals surface area (Å²) in [6.07, 6.45) is 3.42. The number of hydrogen-bond donors (Lipinski definition) is 0. The molecule has 0 unspecified atom stereocenters. The van der Waals surface area contributed by atoms with Crippen molar-refractivity contribution in [2.75, 3.05) is 20.2 Å². The van der Waals surface area contributed by atoms with E-state index in [2.05, 4.69) is 5.10 Å². The van der Waals surface area contributed by atoms with Crippen molar-refractivity contribution in [3.05, 3.63) is 52.9 Å². The summed E-state index contributed by atoms with van der Waals surface area (Å²) >= 11 is 0. The molecule has 1 aromatic heterocycles. The predicted molar refractivity (Wildman–Crippen MR) is 96.0 cm³/mol. The molecule has 0 aliphatic rings. The standard InChI is InChI=1S/C19H25N3O2/c1-14-8-6-7-9-18(14)24-13-12-21(4)19(23)11-10-17-15(2)20-22(5)16(17)3/h6-11H,12-13H2,1-5H3/b11-10+. The zero-order valence-corrected chi connectivity index (χ0v) is 15.0. The molecule has 0 bridgehead atoms. The van der Waals surface area contributed by atoms with Gasteiger partial charge in [-0.3, -0.25) is 9.48 Å². The number of rotatable bonds is 6. The van der Waals surface area contributed by atoms with Crippen molar-refractivity contribution in [1.82, 2.24) is 14.7 Å². The molecule has 0 N–H and O–H groups in total. The van der Waals surface area contributed by atoms with Crippen LogP contribution in [0.2, 0.25) is 0 Å². The molecule has 0 aliphatic heterocycles. The van der Waals surface area contributed by atoms with Gasteiger partial charge in [0.15, 0.2) is 0 Å². The van der Waals surface area contributed by atoms with Crippen LogP contribution in [0.3, 0.4) is 0 Å². The minimum atomic E-state index is -0.0500. The highest BCUT2D eigenvalue weighted by molar-refractivity contribution is 5.91. The first kappa shape index (κ1) is 17.8. The van der Waals surface area contributed by atoms with Crippen LogP contribution in [0.5, 0.6) is 5.75 Å². The van der Waals surface area contributed by atoms with Crippen LogP contribution in [0.1, 0.15) is 22.5 Å². The number of aryl methyl sites for hydroxylation is 3. The number of carbonyl (C=O) groups excluding carboxylic acids is 1. The molecule has 2 aromatic rings. The molecule has 1 heterocycles. The maximum atomic E-state index is 12.2. The summed E-state index contributed by atoms with van der Waals surface area (Å²) in [5.41, 5.74) is 4.05. The number of para-hydroxylation sites is 1. The Morgan fingerprint density at radius 1 is 1.29 bits per heavy atom. The van der Waals surface area contributed by atoms with Gasteiger partial charge >= 0.3 is 0 Å². The highest BCUT2D eigenvalue weighted by Crippen LogP contribution is 2.16. The van der Waals surface area contributed by atoms with Gasteiger partial charge < -0.3 is 9.64 Å². The summed E-state index contributed by atoms with van der Waals surface area (Å²) in [6.45, 7) is 6.93. The van der Waals surface area contributed by atoms with Gasteiger partial charge in [-0.1, -0.05) is 18.2 Å². The Bertz CT molecular complexity index is 747. The number of amides is 1. The third-order valence-corrected chi connectivity index (χ3v) is 4.11. The molecule has 128 valence electrons. The van der Waals surface area contributed by atoms with Crippen molar-refractivity contribution in [2.24, 2.45) is 7.05 Å². The lowest BCUT2D eigenvalue weighted by molar-refractivity contribution is -0.125. The number of hydrogen-bond acceptors (Lipinski definition) is 3. The van der Waals surface area contributed by atoms with Crippen molar-refractivity contribution in [1.29, 1.82) is 0 Å². The number of aromatic nitrogens is 2. The summed E-state index contributed by atoms with van der Waals surface area (Å²) in [7, 11) is 3.67. The Kier molecular flexibility index (Phi) is 5.79. The lowest BCUT2D eigenvalue weighted by Gasteiger charge is -2.16. The molecule has 1 aromatic carbocycles. The van der Waals surface area contributed by atoms with Crippen LogP contribution in [0.25, 0.3) is 6.08 Å². The first-order chi connectivity index (χ1) is 11.4. The van der Waals surface area contributed by atoms with Gasteiger partial charge in [0.2, 0.25) is 5.91 Å². The molecule has 2 rings (SSSR count). The van der Waals surface area contributed by atoms with E-state index in [1.807, 2.05) is 62.8 Å². The molecule has 0 saturated heterocycles. The summed E-state index contributed by atoms with van der Waals surface area (Å²) in [5.74, 6) is 0.807. The van der Waals surface area contributed by atoms with E-state index in [-0.39, 0.29) is 5.91 Å². The topological polar surface area (TPSA) is 47.4 Å². The molecule has 1 amide bonds. The number of likely N-dealkylation sites (N-methyl/N-ethyl adjacent to an activating group) is 1. The van der Waals surface area contributed by atoms with Gasteiger partial charge in [0.1, 0.15) is 12.4 Å². The number of ether oxygens (including phenoxy) is 1. The van der Waals surface area contributed by atoms with E-state index in [1.165, 1.54) is 0 Å². The molecular formula is C19H25N3O2. The number of carbonyl (C=O) groups is 1. The van der Waals surface area contributed by atoms with E-state index >= 15 is 0 Å². The predicted octanol–water partition coefficient (Wildman–Crippen LogP) is 2.90. The molecule has 0 radical (unpaired) electrons. The summed E-state index contributed by atoms with van der Waals surface area (Å²) in [5, 5.41) is 4.35. The van der Waals surface area contributed by atoms with Crippen LogP contribution in [0.15, 0.2) is 30.3 Å². The smallest absolute Gasteiger partial charge is 0.246 e. The fourth-order valence-corrected chi connectivity index (χ4v) is 2.43. The van der Waals surface area contributed by atoms with Gasteiger partial charge in [-0.2, -0.15) is 5.10 Å². The van der Waals surface area contributed by atoms with Crippen LogP contribution in [0, 0.1) is 20.8 Å². The average Bonchev–Trinajstić information content (AvgIpc) is 2.79. The lowest BCUT2D eigenvalue weighted by atomic mass is 10.2. The highest BCUT2D eigenvalue weighted by atomic mass is 16.5. The first-order valence-corrected chi connectivity index (χ1v) is 8.02. The van der Waals surface area contributed by atoms with Gasteiger partial charge in [0, 0.05) is 31.4 Å². The molecule has 5 nitrogen and oxygen atoms in total. The van der Waals surface area contributed by atoms with E-state index < -0.39 is 0 Å². The highest BCUT2D eigenvalue weighted by Gasteiger charge is 2.09. The largest absolute Gasteiger partial charge is 0.491 e. The van der Waals surface area contributed by atoms with Crippen LogP contribution in [-0.4, -0.2) is 40.8 Å². The van der Waals surface area contributed by atoms with Crippen molar-refractivity contribution in [2.45, 2.75) is 20.8 Å². The number of nitrogens with zero attached hydrogens (tertiary/aromatic N) is 3. The normalized spacial score (nSPS) is 11.0. The Morgan fingerprint density at radius 3 is 2.62 bits per heavy atom. The van der Waals surface area contributed by atoms with E-state index in [0.29, 0.717) is 13.2 Å². The molecule has 5 heteroatoms. The lowest BCUT2D eigenvalue weighted by Crippen LogP contribution is -2.29. The molecule has 0 fully saturated rings. The molecule has 0 aliphatic carbocycles. The zero-order valence-electron chi connectivity index (χ0n) is 15.0. The summed E-state index contributed by atoms with van der Waals surface area (Å²) in [4.78, 5) is 13.9. The molecular weight excluding hydrogens is 302 g/mol. The molecule has 0 atom stereocenters. The van der Waals surface area contributed by atoms with Gasteiger partial charge in [-0.05, 0) is 38.5 Å². The van der Waals surface area contributed by atoms with Gasteiger partial charge in [-0.15, -0.1) is 0 Å². The van der Waals surface area contributed by atoms with E-state index in [1.54, 1.807) is 18.0 Å². The minimum absolute atomic E-state index is 0.0500. The van der Waals surface area contributed by atoms with Crippen LogP contribution >= 0.6 is 0 Å². The van der Waals surface area contributed by atoms with Crippen molar-refractivity contribution < 1.29 is 9.53 Å². The van der Waals surface area contributed by atoms with Crippen molar-refractivity contribution in [3.63, 3.8) is 0 Å². The van der Waals surface area contributed by atoms with E-state index in [0.717, 1.165) is 28.3 Å². The first-order valence-electron chi connectivity index (χ1n) is 8.02. The summed E-state index contributed by atoms with van der Waals surface area (Å²) < 4.78 is 7.55. The van der Waals surface area contributed by atoms with Crippen LogP contribution in [-0.2, 0) is 11.8 Å². The van der Waals surface area contributed by atoms with E-state index in [4.69, 9.17) is 4.74 Å². The SMILES string of the molecule is Cc1ccccc1OCCN(C)C(=O)/C=C/c1c(C)nn(C)c1C. The Morgan fingerprint density at radius 2 is 2.00 bits per heavy atom. The maximum absolute atomic E-state index is 12.2. The monoisotopic (exact) mass is 327 g/mol. The van der Waals surface area contributed by atoms with Gasteiger partial charge in [0.25, 0.3) is 0 Å². The van der Waals surface area contributed by atoms with Crippen molar-refractivity contribution in [3.8, 4) is 5.75 Å². The fourth-order valence-electron chi connectivity index (χ4n) is 2.43. The molecule has 24 heavy (non-hydrogen) atoms. The van der Waals surface area contributed by atoms with Crippen LogP contribution < -0.4 is 4.74 Å². The van der Waals surface area contributed by atoms with Gasteiger partial charge in [-0.25, -0.2) is 0 Å². The van der Waals surface area contributed by atoms with E-state index in [9.17, 15) is 4.79 Å². The third-order valence-electron chi connectivity index (χ3n) is 4.11.